The number of nitrogens with zero attached hydrogens (tertiary/aromatic N) is 5. The van der Waals surface area contributed by atoms with Crippen LogP contribution < -0.4 is 10.1 Å². The first-order valence-electron chi connectivity index (χ1n) is 9.60. The van der Waals surface area contributed by atoms with Gasteiger partial charge in [0.1, 0.15) is 12.2 Å². The number of aromatic nitrogens is 4. The van der Waals surface area contributed by atoms with Gasteiger partial charge in [0.2, 0.25) is 11.8 Å². The lowest BCUT2D eigenvalue weighted by molar-refractivity contribution is -0.131. The Bertz CT molecular complexity index is 1060. The van der Waals surface area contributed by atoms with E-state index in [1.165, 1.54) is 0 Å². The van der Waals surface area contributed by atoms with Crippen molar-refractivity contribution in [3.05, 3.63) is 53.4 Å². The van der Waals surface area contributed by atoms with Gasteiger partial charge in [-0.05, 0) is 37.6 Å². The molecular formula is C20H22N6O4. The Balaban J connectivity index is 1.49. The van der Waals surface area contributed by atoms with Crippen molar-refractivity contribution in [2.45, 2.75) is 32.9 Å². The zero-order valence-corrected chi connectivity index (χ0v) is 16.8. The van der Waals surface area contributed by atoms with Crippen molar-refractivity contribution >= 4 is 17.5 Å². The van der Waals surface area contributed by atoms with E-state index < -0.39 is 0 Å². The molecule has 10 heteroatoms. The number of anilines is 1. The van der Waals surface area contributed by atoms with E-state index in [1.807, 2.05) is 0 Å². The molecule has 0 bridgehead atoms. The van der Waals surface area contributed by atoms with Crippen molar-refractivity contribution in [1.82, 2.24) is 24.8 Å². The van der Waals surface area contributed by atoms with Gasteiger partial charge in [-0.2, -0.15) is 10.1 Å². The van der Waals surface area contributed by atoms with Crippen LogP contribution in [0.3, 0.4) is 0 Å². The van der Waals surface area contributed by atoms with E-state index in [0.29, 0.717) is 41.6 Å². The summed E-state index contributed by atoms with van der Waals surface area (Å²) in [4.78, 5) is 31.4. The summed E-state index contributed by atoms with van der Waals surface area (Å²) < 4.78 is 12.0. The van der Waals surface area contributed by atoms with Crippen LogP contribution in [-0.4, -0.2) is 50.3 Å². The molecule has 2 amide bonds. The minimum atomic E-state index is -0.275. The van der Waals surface area contributed by atoms with Crippen molar-refractivity contribution < 1.29 is 18.8 Å². The van der Waals surface area contributed by atoms with Crippen LogP contribution in [-0.2, 0) is 24.3 Å². The first-order chi connectivity index (χ1) is 14.5. The SMILES string of the molecule is COc1ccc(NC(=O)c2cnn3c2CN(C(=O)Cc2nc(C)no2)CCC3)cc1. The Hall–Kier alpha value is -3.69. The molecule has 1 N–H and O–H groups in total. The fourth-order valence-corrected chi connectivity index (χ4v) is 3.37. The predicted molar refractivity (Wildman–Crippen MR) is 106 cm³/mol. The third kappa shape index (κ3) is 4.17. The molecule has 0 saturated carbocycles. The second kappa shape index (κ2) is 8.36. The quantitative estimate of drug-likeness (QED) is 0.682. The molecule has 0 unspecified atom stereocenters. The highest BCUT2D eigenvalue weighted by molar-refractivity contribution is 6.05. The molecule has 0 spiro atoms. The summed E-state index contributed by atoms with van der Waals surface area (Å²) in [6.45, 7) is 3.19. The van der Waals surface area contributed by atoms with Crippen molar-refractivity contribution in [3.63, 3.8) is 0 Å². The first-order valence-corrected chi connectivity index (χ1v) is 9.60. The van der Waals surface area contributed by atoms with Gasteiger partial charge in [0, 0.05) is 18.8 Å². The van der Waals surface area contributed by atoms with Gasteiger partial charge >= 0.3 is 0 Å². The first kappa shape index (κ1) is 19.6. The largest absolute Gasteiger partial charge is 0.497 e. The fourth-order valence-electron chi connectivity index (χ4n) is 3.37. The standard InChI is InChI=1S/C20H22N6O4/c1-13-22-18(30-24-13)10-19(27)25-8-3-9-26-17(12-25)16(11-21-26)20(28)23-14-4-6-15(29-2)7-5-14/h4-7,11H,3,8-10,12H2,1-2H3,(H,23,28). The molecule has 10 nitrogen and oxygen atoms in total. The molecule has 3 aromatic rings. The van der Waals surface area contributed by atoms with Crippen LogP contribution in [0.25, 0.3) is 0 Å². The number of ether oxygens (including phenoxy) is 1. The minimum Gasteiger partial charge on any atom is -0.497 e. The summed E-state index contributed by atoms with van der Waals surface area (Å²) in [5.41, 5.74) is 1.79. The molecule has 4 rings (SSSR count). The fraction of sp³-hybridized carbons (Fsp3) is 0.350. The average Bonchev–Trinajstić information content (AvgIpc) is 3.27. The number of methoxy groups -OCH3 is 1. The number of aryl methyl sites for hydroxylation is 2. The Morgan fingerprint density at radius 1 is 1.23 bits per heavy atom. The second-order valence-electron chi connectivity index (χ2n) is 6.99. The van der Waals surface area contributed by atoms with E-state index >= 15 is 0 Å². The minimum absolute atomic E-state index is 0.0301. The Morgan fingerprint density at radius 3 is 2.73 bits per heavy atom. The summed E-state index contributed by atoms with van der Waals surface area (Å²) in [7, 11) is 1.59. The lowest BCUT2D eigenvalue weighted by atomic mass is 10.2. The number of rotatable bonds is 5. The number of hydrogen-bond acceptors (Lipinski definition) is 7. The zero-order chi connectivity index (χ0) is 21.1. The number of benzene rings is 1. The van der Waals surface area contributed by atoms with Crippen molar-refractivity contribution in [2.24, 2.45) is 0 Å². The molecule has 1 aliphatic rings. The van der Waals surface area contributed by atoms with Crippen LogP contribution in [0.5, 0.6) is 5.75 Å². The van der Waals surface area contributed by atoms with E-state index in [1.54, 1.807) is 54.1 Å². The zero-order valence-electron chi connectivity index (χ0n) is 16.8. The van der Waals surface area contributed by atoms with Gasteiger partial charge in [0.25, 0.3) is 5.91 Å². The molecule has 0 atom stereocenters. The summed E-state index contributed by atoms with van der Waals surface area (Å²) in [6.07, 6.45) is 2.31. The van der Waals surface area contributed by atoms with E-state index in [9.17, 15) is 9.59 Å². The van der Waals surface area contributed by atoms with Gasteiger partial charge in [-0.25, -0.2) is 0 Å². The maximum absolute atomic E-state index is 12.9. The second-order valence-corrected chi connectivity index (χ2v) is 6.99. The highest BCUT2D eigenvalue weighted by Crippen LogP contribution is 2.20. The van der Waals surface area contributed by atoms with Gasteiger partial charge < -0.3 is 19.5 Å². The maximum atomic E-state index is 12.9. The van der Waals surface area contributed by atoms with E-state index in [2.05, 4.69) is 20.6 Å². The van der Waals surface area contributed by atoms with Crippen LogP contribution in [0.4, 0.5) is 5.69 Å². The number of amides is 2. The topological polar surface area (TPSA) is 115 Å². The number of nitrogens with one attached hydrogen (secondary N) is 1. The van der Waals surface area contributed by atoms with Gasteiger partial charge in [0.05, 0.1) is 31.1 Å². The monoisotopic (exact) mass is 410 g/mol. The highest BCUT2D eigenvalue weighted by Gasteiger charge is 2.26. The van der Waals surface area contributed by atoms with Gasteiger partial charge in [-0.1, -0.05) is 5.16 Å². The van der Waals surface area contributed by atoms with Crippen molar-refractivity contribution in [3.8, 4) is 5.75 Å². The summed E-state index contributed by atoms with van der Waals surface area (Å²) in [6, 6.07) is 7.07. The molecule has 1 aliphatic heterocycles. The van der Waals surface area contributed by atoms with E-state index in [4.69, 9.17) is 9.26 Å². The van der Waals surface area contributed by atoms with Crippen molar-refractivity contribution in [2.75, 3.05) is 19.0 Å². The van der Waals surface area contributed by atoms with Crippen LogP contribution in [0.1, 0.15) is 34.2 Å². The normalized spacial score (nSPS) is 13.5. The Kier molecular flexibility index (Phi) is 5.46. The summed E-state index contributed by atoms with van der Waals surface area (Å²) in [5, 5.41) is 10.9. The Labute approximate surface area is 172 Å². The Morgan fingerprint density at radius 2 is 2.03 bits per heavy atom. The smallest absolute Gasteiger partial charge is 0.259 e. The van der Waals surface area contributed by atoms with Gasteiger partial charge in [0.15, 0.2) is 5.82 Å². The molecule has 1 aromatic carbocycles. The third-order valence-electron chi connectivity index (χ3n) is 4.90. The van der Waals surface area contributed by atoms with Crippen LogP contribution in [0, 0.1) is 6.92 Å². The van der Waals surface area contributed by atoms with Crippen molar-refractivity contribution in [1.29, 1.82) is 0 Å². The lowest BCUT2D eigenvalue weighted by Crippen LogP contribution is -2.32. The van der Waals surface area contributed by atoms with Crippen LogP contribution >= 0.6 is 0 Å². The van der Waals surface area contributed by atoms with E-state index in [-0.39, 0.29) is 30.7 Å². The van der Waals surface area contributed by atoms with Crippen LogP contribution in [0.15, 0.2) is 35.0 Å². The number of hydrogen-bond donors (Lipinski definition) is 1. The molecule has 0 radical (unpaired) electrons. The maximum Gasteiger partial charge on any atom is 0.259 e. The predicted octanol–water partition coefficient (Wildman–Crippen LogP) is 1.81. The average molecular weight is 410 g/mol. The number of fused-ring (bicyclic) bond motifs is 1. The number of carbonyl (C=O) groups excluding carboxylic acids is 2. The van der Waals surface area contributed by atoms with Crippen LogP contribution in [0.2, 0.25) is 0 Å². The van der Waals surface area contributed by atoms with Gasteiger partial charge in [-0.3, -0.25) is 14.3 Å². The summed E-state index contributed by atoms with van der Waals surface area (Å²) >= 11 is 0. The molecule has 30 heavy (non-hydrogen) atoms. The molecule has 3 heterocycles. The van der Waals surface area contributed by atoms with E-state index in [0.717, 1.165) is 6.42 Å². The molecule has 0 fully saturated rings. The molecule has 0 saturated heterocycles. The highest BCUT2D eigenvalue weighted by atomic mass is 16.5. The lowest BCUT2D eigenvalue weighted by Gasteiger charge is -2.19. The summed E-state index contributed by atoms with van der Waals surface area (Å²) in [5.74, 6) is 1.08. The molecule has 0 aliphatic carbocycles. The molecular weight excluding hydrogens is 388 g/mol. The van der Waals surface area contributed by atoms with Gasteiger partial charge in [-0.15, -0.1) is 0 Å². The third-order valence-corrected chi connectivity index (χ3v) is 4.90. The molecule has 156 valence electrons. The molecule has 2 aromatic heterocycles. The number of carbonyl (C=O) groups is 2.